The smallest absolute Gasteiger partial charge is 0.211 e. The lowest BCUT2D eigenvalue weighted by Gasteiger charge is -2.14. The van der Waals surface area contributed by atoms with Crippen LogP contribution in [-0.4, -0.2) is 31.5 Å². The van der Waals surface area contributed by atoms with Crippen LogP contribution < -0.4 is 19.6 Å². The van der Waals surface area contributed by atoms with Crippen molar-refractivity contribution in [2.75, 3.05) is 21.3 Å². The minimum absolute atomic E-state index is 0.122. The first kappa shape index (κ1) is 14.8. The SMILES string of the molecule is COc1c(OC)c(O)c2c(=O)c3c(OC)cccc3oc2c1O. The van der Waals surface area contributed by atoms with Gasteiger partial charge < -0.3 is 28.8 Å². The molecule has 2 aromatic carbocycles. The van der Waals surface area contributed by atoms with Crippen LogP contribution in [0.4, 0.5) is 0 Å². The van der Waals surface area contributed by atoms with E-state index in [2.05, 4.69) is 0 Å². The molecule has 0 aliphatic carbocycles. The zero-order valence-corrected chi connectivity index (χ0v) is 12.7. The maximum atomic E-state index is 12.8. The Balaban J connectivity index is 2.63. The first-order chi connectivity index (χ1) is 11.0. The summed E-state index contributed by atoms with van der Waals surface area (Å²) in [6.45, 7) is 0. The second-order valence-corrected chi connectivity index (χ2v) is 4.73. The van der Waals surface area contributed by atoms with Gasteiger partial charge in [-0.3, -0.25) is 4.79 Å². The average Bonchev–Trinajstić information content (AvgIpc) is 2.56. The number of fused-ring (bicyclic) bond motifs is 2. The molecule has 0 saturated heterocycles. The van der Waals surface area contributed by atoms with Crippen molar-refractivity contribution in [1.82, 2.24) is 0 Å². The first-order valence-corrected chi connectivity index (χ1v) is 6.64. The number of phenolic OH excluding ortho intramolecular Hbond substituents is 2. The van der Waals surface area contributed by atoms with Crippen LogP contribution in [0.15, 0.2) is 27.4 Å². The fourth-order valence-electron chi connectivity index (χ4n) is 2.57. The van der Waals surface area contributed by atoms with E-state index in [0.29, 0.717) is 5.75 Å². The highest BCUT2D eigenvalue weighted by Crippen LogP contribution is 2.49. The molecule has 3 aromatic rings. The molecule has 0 radical (unpaired) electrons. The summed E-state index contributed by atoms with van der Waals surface area (Å²) in [6.07, 6.45) is 0. The van der Waals surface area contributed by atoms with Crippen LogP contribution in [0.2, 0.25) is 0 Å². The van der Waals surface area contributed by atoms with Gasteiger partial charge in [0.05, 0.1) is 21.3 Å². The minimum Gasteiger partial charge on any atom is -0.504 e. The van der Waals surface area contributed by atoms with Crippen molar-refractivity contribution in [3.8, 4) is 28.7 Å². The van der Waals surface area contributed by atoms with Crippen LogP contribution in [0.5, 0.6) is 28.7 Å². The third-order valence-corrected chi connectivity index (χ3v) is 3.60. The molecule has 0 bridgehead atoms. The molecule has 120 valence electrons. The highest BCUT2D eigenvalue weighted by Gasteiger charge is 2.26. The monoisotopic (exact) mass is 318 g/mol. The van der Waals surface area contributed by atoms with Gasteiger partial charge in [0.1, 0.15) is 22.1 Å². The molecule has 7 heteroatoms. The molecule has 23 heavy (non-hydrogen) atoms. The molecule has 1 aromatic heterocycles. The van der Waals surface area contributed by atoms with Crippen LogP contribution in [0.1, 0.15) is 0 Å². The van der Waals surface area contributed by atoms with Crippen molar-refractivity contribution in [3.63, 3.8) is 0 Å². The Labute approximate surface area is 130 Å². The Morgan fingerprint density at radius 2 is 1.57 bits per heavy atom. The Morgan fingerprint density at radius 3 is 2.17 bits per heavy atom. The zero-order valence-electron chi connectivity index (χ0n) is 12.7. The maximum Gasteiger partial charge on any atom is 0.211 e. The molecule has 7 nitrogen and oxygen atoms in total. The van der Waals surface area contributed by atoms with Gasteiger partial charge in [0.2, 0.25) is 22.7 Å². The number of rotatable bonds is 3. The van der Waals surface area contributed by atoms with Gasteiger partial charge in [-0.25, -0.2) is 0 Å². The predicted molar refractivity (Wildman–Crippen MR) is 83.0 cm³/mol. The standard InChI is InChI=1S/C16H14O7/c1-20-7-5-4-6-8-9(7)11(17)10-12(18)15(21-2)16(22-3)13(19)14(10)23-8/h4-6,18-19H,1-3H3. The number of methoxy groups -OCH3 is 3. The normalized spacial score (nSPS) is 10.9. The zero-order chi connectivity index (χ0) is 16.7. The van der Waals surface area contributed by atoms with Gasteiger partial charge in [-0.15, -0.1) is 0 Å². The van der Waals surface area contributed by atoms with E-state index in [4.69, 9.17) is 18.6 Å². The van der Waals surface area contributed by atoms with E-state index < -0.39 is 16.9 Å². The van der Waals surface area contributed by atoms with Gasteiger partial charge >= 0.3 is 0 Å². The van der Waals surface area contributed by atoms with Crippen molar-refractivity contribution in [2.24, 2.45) is 0 Å². The van der Waals surface area contributed by atoms with Crippen LogP contribution in [-0.2, 0) is 0 Å². The van der Waals surface area contributed by atoms with E-state index in [0.717, 1.165) is 0 Å². The third kappa shape index (κ3) is 1.93. The maximum absolute atomic E-state index is 12.8. The number of ether oxygens (including phenoxy) is 3. The molecule has 0 unspecified atom stereocenters. The lowest BCUT2D eigenvalue weighted by molar-refractivity contribution is 0.318. The molecule has 0 aliphatic rings. The molecule has 0 aliphatic heterocycles. The Bertz CT molecular complexity index is 972. The highest BCUT2D eigenvalue weighted by atomic mass is 16.5. The quantitative estimate of drug-likeness (QED) is 0.565. The molecule has 0 saturated carbocycles. The summed E-state index contributed by atoms with van der Waals surface area (Å²) in [5.74, 6) is -0.883. The van der Waals surface area contributed by atoms with E-state index in [-0.39, 0.29) is 33.4 Å². The summed E-state index contributed by atoms with van der Waals surface area (Å²) in [6, 6.07) is 4.81. The number of phenols is 2. The Kier molecular flexibility index (Phi) is 3.40. The molecular formula is C16H14O7. The molecule has 0 fully saturated rings. The highest BCUT2D eigenvalue weighted by molar-refractivity contribution is 6.01. The Hall–Kier alpha value is -3.09. The number of aromatic hydroxyl groups is 2. The summed E-state index contributed by atoms with van der Waals surface area (Å²) in [4.78, 5) is 12.8. The van der Waals surface area contributed by atoms with E-state index in [1.165, 1.54) is 21.3 Å². The average molecular weight is 318 g/mol. The van der Waals surface area contributed by atoms with Crippen LogP contribution in [0.25, 0.3) is 21.9 Å². The third-order valence-electron chi connectivity index (χ3n) is 3.60. The molecule has 0 atom stereocenters. The van der Waals surface area contributed by atoms with E-state index in [9.17, 15) is 15.0 Å². The number of hydrogen-bond donors (Lipinski definition) is 2. The summed E-state index contributed by atoms with van der Waals surface area (Å²) >= 11 is 0. The number of benzene rings is 2. The summed E-state index contributed by atoms with van der Waals surface area (Å²) in [5.41, 5.74) is -0.526. The van der Waals surface area contributed by atoms with Gasteiger partial charge in [0, 0.05) is 0 Å². The van der Waals surface area contributed by atoms with Gasteiger partial charge in [-0.05, 0) is 12.1 Å². The largest absolute Gasteiger partial charge is 0.504 e. The van der Waals surface area contributed by atoms with Crippen molar-refractivity contribution >= 4 is 21.9 Å². The molecule has 3 rings (SSSR count). The van der Waals surface area contributed by atoms with E-state index in [1.54, 1.807) is 18.2 Å². The van der Waals surface area contributed by atoms with Crippen molar-refractivity contribution in [2.45, 2.75) is 0 Å². The van der Waals surface area contributed by atoms with Crippen LogP contribution in [0, 0.1) is 0 Å². The molecule has 0 amide bonds. The molecule has 2 N–H and O–H groups in total. The fourth-order valence-corrected chi connectivity index (χ4v) is 2.57. The molecule has 0 spiro atoms. The predicted octanol–water partition coefficient (Wildman–Crippen LogP) is 2.38. The summed E-state index contributed by atoms with van der Waals surface area (Å²) in [7, 11) is 4.00. The van der Waals surface area contributed by atoms with Crippen molar-refractivity contribution in [3.05, 3.63) is 28.4 Å². The van der Waals surface area contributed by atoms with Gasteiger partial charge in [-0.2, -0.15) is 0 Å². The van der Waals surface area contributed by atoms with Crippen molar-refractivity contribution < 1.29 is 28.8 Å². The lowest BCUT2D eigenvalue weighted by atomic mass is 10.1. The fraction of sp³-hybridized carbons (Fsp3) is 0.188. The minimum atomic E-state index is -0.549. The molecular weight excluding hydrogens is 304 g/mol. The van der Waals surface area contributed by atoms with Crippen LogP contribution >= 0.6 is 0 Å². The number of hydrogen-bond acceptors (Lipinski definition) is 7. The van der Waals surface area contributed by atoms with Crippen LogP contribution in [0.3, 0.4) is 0 Å². The van der Waals surface area contributed by atoms with E-state index >= 15 is 0 Å². The second-order valence-electron chi connectivity index (χ2n) is 4.73. The Morgan fingerprint density at radius 1 is 0.913 bits per heavy atom. The lowest BCUT2D eigenvalue weighted by Crippen LogP contribution is -2.06. The van der Waals surface area contributed by atoms with Gasteiger partial charge in [0.25, 0.3) is 0 Å². The topological polar surface area (TPSA) is 98.4 Å². The second kappa shape index (κ2) is 5.28. The molecule has 1 heterocycles. The van der Waals surface area contributed by atoms with E-state index in [1.807, 2.05) is 0 Å². The van der Waals surface area contributed by atoms with Gasteiger partial charge in [-0.1, -0.05) is 6.07 Å². The first-order valence-electron chi connectivity index (χ1n) is 6.64. The summed E-state index contributed by atoms with van der Waals surface area (Å²) < 4.78 is 20.8. The van der Waals surface area contributed by atoms with Crippen molar-refractivity contribution in [1.29, 1.82) is 0 Å². The van der Waals surface area contributed by atoms with Gasteiger partial charge in [0.15, 0.2) is 11.3 Å². The summed E-state index contributed by atoms with van der Waals surface area (Å²) in [5, 5.41) is 20.6.